The molecule has 12 rings (SSSR count). The number of halogens is 1. The van der Waals surface area contributed by atoms with E-state index in [0.29, 0.717) is 107 Å². The summed E-state index contributed by atoms with van der Waals surface area (Å²) in [6, 6.07) is 10.7. The van der Waals surface area contributed by atoms with Crippen molar-refractivity contribution in [3.05, 3.63) is 159 Å². The van der Waals surface area contributed by atoms with E-state index in [9.17, 15) is 58.8 Å². The Morgan fingerprint density at radius 3 is 1.31 bits per heavy atom. The second-order valence-corrected chi connectivity index (χ2v) is 23.9. The quantitative estimate of drug-likeness (QED) is 0.0531. The highest BCUT2D eigenvalue weighted by Gasteiger charge is 2.39. The fourth-order valence-electron chi connectivity index (χ4n) is 12.1. The van der Waals surface area contributed by atoms with Crippen molar-refractivity contribution in [2.45, 2.75) is 83.1 Å². The Morgan fingerprint density at radius 2 is 0.767 bits per heavy atom. The van der Waals surface area contributed by atoms with Gasteiger partial charge in [-0.15, -0.1) is 0 Å². The lowest BCUT2D eigenvalue weighted by Gasteiger charge is -2.19. The molecule has 0 saturated heterocycles. The van der Waals surface area contributed by atoms with Gasteiger partial charge in [0, 0.05) is 57.1 Å². The number of rotatable bonds is 11. The normalized spacial score (nSPS) is 12.3. The van der Waals surface area contributed by atoms with Gasteiger partial charge in [-0.2, -0.15) is 0 Å². The number of phenols is 1. The molecule has 4 N–H and O–H groups in total. The van der Waals surface area contributed by atoms with Crippen LogP contribution in [0.15, 0.2) is 42.5 Å². The molecule has 28 heteroatoms. The van der Waals surface area contributed by atoms with Crippen molar-refractivity contribution in [2.24, 2.45) is 0 Å². The molecule has 0 saturated carbocycles. The van der Waals surface area contributed by atoms with Crippen LogP contribution >= 0.6 is 11.6 Å². The SMILES string of the molecule is COc1cc(C)c2c(c1)Oc1c(cc(O)c(C(=O)O)c1C)OC2=O.COc1cc(C)c2c(c1C)OC(=O)c1c(C)c(Cl)c(OC)c(C)c1O2.COc1cc(C)c2c(c1C)Oc1c(cc(OC)c(C(=O)O)c1C)OC2=O.COc1cc(C)c2c(c1C=O)Oc1c(C)c(C(=O)O)c(OC)c(C)c1OC2=O. The Kier molecular flexibility index (Phi) is 21.4. The van der Waals surface area contributed by atoms with Crippen LogP contribution in [0.1, 0.15) is 150 Å². The molecule has 0 bridgehead atoms. The van der Waals surface area contributed by atoms with Crippen LogP contribution in [0.25, 0.3) is 0 Å². The van der Waals surface area contributed by atoms with Crippen LogP contribution < -0.4 is 71.1 Å². The minimum Gasteiger partial charge on any atom is -0.507 e. The predicted molar refractivity (Wildman–Crippen MR) is 367 cm³/mol. The van der Waals surface area contributed by atoms with Crippen LogP contribution in [-0.2, 0) is 0 Å². The molecule has 538 valence electrons. The molecule has 27 nitrogen and oxygen atoms in total. The maximum Gasteiger partial charge on any atom is 0.347 e. The number of hydrogen-bond acceptors (Lipinski definition) is 24. The van der Waals surface area contributed by atoms with Crippen LogP contribution in [0.3, 0.4) is 0 Å². The van der Waals surface area contributed by atoms with E-state index < -0.39 is 47.5 Å². The largest absolute Gasteiger partial charge is 0.507 e. The lowest BCUT2D eigenvalue weighted by molar-refractivity contribution is 0.0679. The van der Waals surface area contributed by atoms with Gasteiger partial charge in [-0.1, -0.05) is 11.6 Å². The number of esters is 4. The Labute approximate surface area is 593 Å². The topological polar surface area (TPSA) is 356 Å². The first-order valence-corrected chi connectivity index (χ1v) is 31.3. The first kappa shape index (κ1) is 74.8. The molecule has 0 atom stereocenters. The number of methoxy groups -OCH3 is 7. The molecule has 8 aromatic carbocycles. The molecule has 103 heavy (non-hydrogen) atoms. The molecule has 4 aliphatic heterocycles. The number of aromatic carboxylic acids is 3. The lowest BCUT2D eigenvalue weighted by Crippen LogP contribution is -2.12. The van der Waals surface area contributed by atoms with E-state index in [0.717, 1.165) is 11.6 Å². The Hall–Kier alpha value is -12.4. The maximum atomic E-state index is 12.8. The van der Waals surface area contributed by atoms with Gasteiger partial charge in [-0.3, -0.25) is 4.79 Å². The molecular weight excluding hydrogens is 1370 g/mol. The number of ether oxygens (including phenoxy) is 15. The monoisotopic (exact) mass is 1440 g/mol. The Balaban J connectivity index is 0.000000160. The summed E-state index contributed by atoms with van der Waals surface area (Å²) >= 11 is 6.37. The number of benzene rings is 8. The fourth-order valence-corrected chi connectivity index (χ4v) is 12.4. The zero-order valence-electron chi connectivity index (χ0n) is 59.2. The fraction of sp³-hybridized carbons (Fsp3) is 0.253. The smallest absolute Gasteiger partial charge is 0.347 e. The second-order valence-electron chi connectivity index (χ2n) is 23.5. The lowest BCUT2D eigenvalue weighted by atomic mass is 10.0. The number of aromatic hydroxyl groups is 1. The van der Waals surface area contributed by atoms with Gasteiger partial charge in [-0.05, 0) is 135 Å². The van der Waals surface area contributed by atoms with Crippen LogP contribution in [0.5, 0.6) is 115 Å². The van der Waals surface area contributed by atoms with Crippen molar-refractivity contribution in [2.75, 3.05) is 49.8 Å². The summed E-state index contributed by atoms with van der Waals surface area (Å²) in [5.41, 5.74) is 6.33. The van der Waals surface area contributed by atoms with Gasteiger partial charge in [0.15, 0.2) is 58.0 Å². The Morgan fingerprint density at radius 1 is 0.350 bits per heavy atom. The van der Waals surface area contributed by atoms with Gasteiger partial charge < -0.3 is 91.5 Å². The van der Waals surface area contributed by atoms with Crippen LogP contribution in [0.2, 0.25) is 5.02 Å². The van der Waals surface area contributed by atoms with Crippen molar-refractivity contribution in [1.29, 1.82) is 0 Å². The molecule has 0 aliphatic carbocycles. The highest BCUT2D eigenvalue weighted by Crippen LogP contribution is 2.54. The van der Waals surface area contributed by atoms with Gasteiger partial charge in [0.2, 0.25) is 0 Å². The summed E-state index contributed by atoms with van der Waals surface area (Å²) < 4.78 is 82.7. The van der Waals surface area contributed by atoms with Gasteiger partial charge >= 0.3 is 41.8 Å². The van der Waals surface area contributed by atoms with E-state index >= 15 is 0 Å². The van der Waals surface area contributed by atoms with Crippen molar-refractivity contribution >= 4 is 59.7 Å². The number of carboxylic acid groups (broad SMARTS) is 3. The number of aldehydes is 1. The summed E-state index contributed by atoms with van der Waals surface area (Å²) in [5.74, 6) is -2.17. The van der Waals surface area contributed by atoms with E-state index in [1.165, 1.54) is 74.7 Å². The van der Waals surface area contributed by atoms with E-state index in [1.807, 2.05) is 19.9 Å². The maximum absolute atomic E-state index is 12.8. The van der Waals surface area contributed by atoms with Gasteiger partial charge in [-0.25, -0.2) is 33.6 Å². The summed E-state index contributed by atoms with van der Waals surface area (Å²) in [6.07, 6.45) is 0.513. The molecule has 0 radical (unpaired) electrons. The summed E-state index contributed by atoms with van der Waals surface area (Å²) in [7, 11) is 10.2. The molecule has 0 unspecified atom stereocenters. The van der Waals surface area contributed by atoms with Crippen LogP contribution in [0.4, 0.5) is 0 Å². The minimum atomic E-state index is -1.31. The minimum absolute atomic E-state index is 0.0256. The number of fused-ring (bicyclic) bond motifs is 8. The van der Waals surface area contributed by atoms with Gasteiger partial charge in [0.05, 0.1) is 60.4 Å². The van der Waals surface area contributed by atoms with Crippen molar-refractivity contribution in [3.63, 3.8) is 0 Å². The van der Waals surface area contributed by atoms with Crippen LogP contribution in [-0.4, -0.2) is 118 Å². The van der Waals surface area contributed by atoms with Gasteiger partial charge in [0.1, 0.15) is 102 Å². The standard InChI is InChI=1S/C20H18O8.C19H19ClO5.C19H18O7.C17H14O7/c1-8-6-12(25-4)11(7-21)18-13(8)20(24)28-17-10(3)15(26-5)14(19(22)23)9(2)16(17)27-18;1-8-7-12(22-5)9(2)18-15(8)24-16-11(4)17(23-6)14(20)10(3)13(16)19(21)25-18;1-8-6-11(23-4)9(2)17-14(8)19(22)25-13-7-12(24-5)15(18(20)21)10(3)16(13)26-17;1-7-4-9(22-3)5-11-13(7)17(21)24-12-6-10(18)14(16(19)20)8(2)15(12)23-11/h6-7H,1-5H3,(H,22,23);7H,1-6H3;6-7H,1-5H3,(H,20,21);4-6,18H,1-3H3,(H,19,20). The second kappa shape index (κ2) is 29.4. The van der Waals surface area contributed by atoms with Crippen LogP contribution in [0, 0.1) is 83.1 Å². The van der Waals surface area contributed by atoms with Crippen molar-refractivity contribution < 1.29 is 130 Å². The van der Waals surface area contributed by atoms with Crippen molar-refractivity contribution in [3.8, 4) is 115 Å². The number of carboxylic acids is 3. The number of carbonyl (C=O) groups is 8. The average Bonchev–Trinajstić information content (AvgIpc) is 1.66. The third-order valence-electron chi connectivity index (χ3n) is 17.3. The summed E-state index contributed by atoms with van der Waals surface area (Å²) in [5, 5.41) is 38.7. The Bertz CT molecular complexity index is 5000. The molecule has 4 heterocycles. The molecule has 0 aromatic heterocycles. The third-order valence-corrected chi connectivity index (χ3v) is 17.8. The van der Waals surface area contributed by atoms with E-state index in [4.69, 9.17) is 82.7 Å². The van der Waals surface area contributed by atoms with Crippen molar-refractivity contribution in [1.82, 2.24) is 0 Å². The third kappa shape index (κ3) is 13.3. The molecule has 0 spiro atoms. The average molecular weight is 1440 g/mol. The highest BCUT2D eigenvalue weighted by molar-refractivity contribution is 6.33. The molecule has 0 amide bonds. The number of aryl methyl sites for hydroxylation is 4. The highest BCUT2D eigenvalue weighted by atomic mass is 35.5. The molecular formula is C75H69ClO27. The summed E-state index contributed by atoms with van der Waals surface area (Å²) in [4.78, 5) is 97.2. The van der Waals surface area contributed by atoms with Gasteiger partial charge in [0.25, 0.3) is 0 Å². The zero-order chi connectivity index (χ0) is 76.0. The molecule has 8 aromatic rings. The zero-order valence-corrected chi connectivity index (χ0v) is 59.9. The molecule has 4 aliphatic rings. The number of carbonyl (C=O) groups excluding carboxylic acids is 5. The van der Waals surface area contributed by atoms with E-state index in [2.05, 4.69) is 0 Å². The molecule has 0 fully saturated rings. The summed E-state index contributed by atoms with van der Waals surface area (Å²) in [6.45, 7) is 20.2. The predicted octanol–water partition coefficient (Wildman–Crippen LogP) is 15.1. The first-order valence-electron chi connectivity index (χ1n) is 30.9. The van der Waals surface area contributed by atoms with E-state index in [-0.39, 0.29) is 119 Å². The van der Waals surface area contributed by atoms with E-state index in [1.54, 1.807) is 74.6 Å². The number of hydrogen-bond donors (Lipinski definition) is 4. The first-order chi connectivity index (χ1) is 48.7.